The van der Waals surface area contributed by atoms with Gasteiger partial charge in [-0.05, 0) is 42.6 Å². The van der Waals surface area contributed by atoms with Crippen molar-refractivity contribution in [3.8, 4) is 17.1 Å². The fourth-order valence-electron chi connectivity index (χ4n) is 3.26. The van der Waals surface area contributed by atoms with Gasteiger partial charge in [-0.3, -0.25) is 20.2 Å². The number of aromatic nitrogens is 2. The minimum absolute atomic E-state index is 0.0142. The minimum atomic E-state index is -0.563. The number of hydrogen-bond donors (Lipinski definition) is 2. The molecule has 30 heavy (non-hydrogen) atoms. The van der Waals surface area contributed by atoms with Gasteiger partial charge in [0.05, 0.1) is 5.69 Å². The van der Waals surface area contributed by atoms with E-state index in [1.54, 1.807) is 10.9 Å². The third kappa shape index (κ3) is 3.19. The molecule has 2 aromatic heterocycles. The molecule has 1 fully saturated rings. The van der Waals surface area contributed by atoms with Crippen LogP contribution in [0.4, 0.5) is 0 Å². The van der Waals surface area contributed by atoms with Crippen molar-refractivity contribution < 1.29 is 14.0 Å². The second-order valence-electron chi connectivity index (χ2n) is 6.66. The summed E-state index contributed by atoms with van der Waals surface area (Å²) < 4.78 is 7.66. The van der Waals surface area contributed by atoms with Crippen molar-refractivity contribution >= 4 is 46.2 Å². The van der Waals surface area contributed by atoms with Crippen LogP contribution in [0.1, 0.15) is 5.56 Å². The van der Waals surface area contributed by atoms with Crippen molar-refractivity contribution in [2.75, 3.05) is 0 Å². The molecule has 0 spiro atoms. The highest BCUT2D eigenvalue weighted by atomic mass is 32.1. The number of fused-ring (bicyclic) bond motifs is 1. The smallest absolute Gasteiger partial charge is 0.263 e. The lowest BCUT2D eigenvalue weighted by Crippen LogP contribution is -2.51. The van der Waals surface area contributed by atoms with Gasteiger partial charge >= 0.3 is 0 Å². The molecule has 1 saturated heterocycles. The SMILES string of the molecule is O=C1NC(=S)NC(=O)C1=Cc1cn(-c2ccccc2)nc1-c1cc2ccccc2o1. The van der Waals surface area contributed by atoms with Crippen molar-refractivity contribution in [1.82, 2.24) is 20.4 Å². The van der Waals surface area contributed by atoms with Crippen molar-refractivity contribution in [2.24, 2.45) is 0 Å². The van der Waals surface area contributed by atoms with Gasteiger partial charge in [0, 0.05) is 17.1 Å². The monoisotopic (exact) mass is 414 g/mol. The Balaban J connectivity index is 1.68. The molecule has 0 atom stereocenters. The third-order valence-electron chi connectivity index (χ3n) is 4.67. The summed E-state index contributed by atoms with van der Waals surface area (Å²) in [6.45, 7) is 0. The predicted octanol–water partition coefficient (Wildman–Crippen LogP) is 3.20. The molecule has 1 aliphatic heterocycles. The summed E-state index contributed by atoms with van der Waals surface area (Å²) in [5.74, 6) is -0.594. The molecule has 5 rings (SSSR count). The number of para-hydroxylation sites is 2. The summed E-state index contributed by atoms with van der Waals surface area (Å²) in [4.78, 5) is 24.6. The zero-order valence-electron chi connectivity index (χ0n) is 15.5. The summed E-state index contributed by atoms with van der Waals surface area (Å²) in [7, 11) is 0. The zero-order valence-corrected chi connectivity index (χ0v) is 16.3. The molecule has 0 unspecified atom stereocenters. The number of nitrogens with one attached hydrogen (secondary N) is 2. The van der Waals surface area contributed by atoms with Gasteiger partial charge in [-0.1, -0.05) is 36.4 Å². The number of thiocarbonyl (C=S) groups is 1. The second kappa shape index (κ2) is 7.09. The molecule has 2 amide bonds. The Morgan fingerprint density at radius 2 is 1.67 bits per heavy atom. The number of benzene rings is 2. The maximum Gasteiger partial charge on any atom is 0.263 e. The molecule has 8 heteroatoms. The summed E-state index contributed by atoms with van der Waals surface area (Å²) in [6, 6.07) is 19.0. The Bertz CT molecular complexity index is 1300. The average Bonchev–Trinajstić information content (AvgIpc) is 3.35. The van der Waals surface area contributed by atoms with Crippen LogP contribution in [-0.4, -0.2) is 26.7 Å². The maximum atomic E-state index is 12.3. The van der Waals surface area contributed by atoms with Crippen molar-refractivity contribution in [3.63, 3.8) is 0 Å². The highest BCUT2D eigenvalue weighted by Gasteiger charge is 2.27. The lowest BCUT2D eigenvalue weighted by atomic mass is 10.1. The van der Waals surface area contributed by atoms with E-state index in [1.807, 2.05) is 60.7 Å². The standard InChI is InChI=1S/C22H14N4O3S/c27-20-16(21(28)24-22(30)23-20)10-14-12-26(15-7-2-1-3-8-15)25-19(14)18-11-13-6-4-5-9-17(13)29-18/h1-12H,(H2,23,24,27,28,30). The molecule has 2 N–H and O–H groups in total. The summed E-state index contributed by atoms with van der Waals surface area (Å²) in [5.41, 5.74) is 2.56. The maximum absolute atomic E-state index is 12.3. The second-order valence-corrected chi connectivity index (χ2v) is 7.07. The normalized spacial score (nSPS) is 14.0. The molecule has 3 heterocycles. The minimum Gasteiger partial charge on any atom is -0.454 e. The first-order valence-electron chi connectivity index (χ1n) is 9.11. The van der Waals surface area contributed by atoms with Gasteiger partial charge < -0.3 is 4.42 Å². The van der Waals surface area contributed by atoms with Gasteiger partial charge in [0.2, 0.25) is 0 Å². The lowest BCUT2D eigenvalue weighted by Gasteiger charge is -2.16. The van der Waals surface area contributed by atoms with Crippen LogP contribution in [0.25, 0.3) is 34.2 Å². The number of nitrogens with zero attached hydrogens (tertiary/aromatic N) is 2. The van der Waals surface area contributed by atoms with Crippen LogP contribution in [0.2, 0.25) is 0 Å². The first-order chi connectivity index (χ1) is 14.6. The van der Waals surface area contributed by atoms with Crippen molar-refractivity contribution in [2.45, 2.75) is 0 Å². The van der Waals surface area contributed by atoms with Crippen LogP contribution in [0.3, 0.4) is 0 Å². The molecular weight excluding hydrogens is 400 g/mol. The van der Waals surface area contributed by atoms with Gasteiger partial charge in [0.1, 0.15) is 16.9 Å². The van der Waals surface area contributed by atoms with E-state index >= 15 is 0 Å². The van der Waals surface area contributed by atoms with Crippen LogP contribution < -0.4 is 10.6 Å². The molecule has 0 aliphatic carbocycles. The van der Waals surface area contributed by atoms with E-state index in [9.17, 15) is 9.59 Å². The number of amides is 2. The molecule has 0 bridgehead atoms. The van der Waals surface area contributed by atoms with Crippen LogP contribution in [0.15, 0.2) is 76.9 Å². The highest BCUT2D eigenvalue weighted by Crippen LogP contribution is 2.31. The van der Waals surface area contributed by atoms with Gasteiger partial charge in [-0.15, -0.1) is 0 Å². The molecule has 0 saturated carbocycles. The van der Waals surface area contributed by atoms with Gasteiger partial charge in [-0.2, -0.15) is 5.10 Å². The Morgan fingerprint density at radius 3 is 2.40 bits per heavy atom. The molecule has 4 aromatic rings. The number of furan rings is 1. The topological polar surface area (TPSA) is 89.2 Å². The Morgan fingerprint density at radius 1 is 0.967 bits per heavy atom. The number of rotatable bonds is 3. The number of hydrogen-bond acceptors (Lipinski definition) is 5. The van der Waals surface area contributed by atoms with Gasteiger partial charge in [-0.25, -0.2) is 4.68 Å². The van der Waals surface area contributed by atoms with E-state index in [2.05, 4.69) is 15.7 Å². The summed E-state index contributed by atoms with van der Waals surface area (Å²) in [6.07, 6.45) is 3.24. The zero-order chi connectivity index (χ0) is 20.7. The molecule has 0 radical (unpaired) electrons. The van der Waals surface area contributed by atoms with E-state index in [0.717, 1.165) is 16.7 Å². The molecule has 2 aromatic carbocycles. The van der Waals surface area contributed by atoms with E-state index in [-0.39, 0.29) is 10.7 Å². The first kappa shape index (κ1) is 18.0. The molecule has 7 nitrogen and oxygen atoms in total. The number of carbonyl (C=O) groups excluding carboxylic acids is 2. The van der Waals surface area contributed by atoms with Gasteiger partial charge in [0.15, 0.2) is 10.9 Å². The van der Waals surface area contributed by atoms with Crippen molar-refractivity contribution in [3.05, 3.63) is 78.0 Å². The fourth-order valence-corrected chi connectivity index (χ4v) is 3.44. The Labute approximate surface area is 176 Å². The van der Waals surface area contributed by atoms with E-state index < -0.39 is 11.8 Å². The van der Waals surface area contributed by atoms with Crippen molar-refractivity contribution in [1.29, 1.82) is 0 Å². The van der Waals surface area contributed by atoms with E-state index in [4.69, 9.17) is 16.6 Å². The van der Waals surface area contributed by atoms with Crippen LogP contribution in [-0.2, 0) is 9.59 Å². The lowest BCUT2D eigenvalue weighted by molar-refractivity contribution is -0.123. The molecule has 1 aliphatic rings. The van der Waals surface area contributed by atoms with Crippen LogP contribution in [0.5, 0.6) is 0 Å². The van der Waals surface area contributed by atoms with Crippen LogP contribution in [0, 0.1) is 0 Å². The first-order valence-corrected chi connectivity index (χ1v) is 9.52. The van der Waals surface area contributed by atoms with E-state index in [1.165, 1.54) is 6.08 Å². The Hall–Kier alpha value is -4.04. The molecular formula is C22H14N4O3S. The third-order valence-corrected chi connectivity index (χ3v) is 4.87. The summed E-state index contributed by atoms with van der Waals surface area (Å²) >= 11 is 4.86. The highest BCUT2D eigenvalue weighted by molar-refractivity contribution is 7.80. The average molecular weight is 414 g/mol. The van der Waals surface area contributed by atoms with Gasteiger partial charge in [0.25, 0.3) is 11.8 Å². The number of carbonyl (C=O) groups is 2. The largest absolute Gasteiger partial charge is 0.454 e. The summed E-state index contributed by atoms with van der Waals surface area (Å²) in [5, 5.41) is 10.5. The fraction of sp³-hybridized carbons (Fsp3) is 0. The van der Waals surface area contributed by atoms with E-state index in [0.29, 0.717) is 17.0 Å². The quantitative estimate of drug-likeness (QED) is 0.305. The van der Waals surface area contributed by atoms with Crippen LogP contribution >= 0.6 is 12.2 Å². The predicted molar refractivity (Wildman–Crippen MR) is 116 cm³/mol. The Kier molecular flexibility index (Phi) is 4.26. The molecule has 146 valence electrons.